The van der Waals surface area contributed by atoms with Crippen LogP contribution in [0.25, 0.3) is 0 Å². The first-order valence-electron chi connectivity index (χ1n) is 5.70. The Labute approximate surface area is 102 Å². The Hall–Kier alpha value is -1.59. The monoisotopic (exact) mass is 235 g/mol. The molecule has 17 heavy (non-hydrogen) atoms. The van der Waals surface area contributed by atoms with Crippen LogP contribution in [0.2, 0.25) is 0 Å². The molecule has 0 radical (unpaired) electrons. The quantitative estimate of drug-likeness (QED) is 0.729. The zero-order valence-electron chi connectivity index (χ0n) is 10.3. The van der Waals surface area contributed by atoms with Gasteiger partial charge in [0.1, 0.15) is 5.41 Å². The zero-order valence-corrected chi connectivity index (χ0v) is 10.3. The average molecular weight is 235 g/mol. The van der Waals surface area contributed by atoms with Gasteiger partial charge in [-0.1, -0.05) is 0 Å². The minimum absolute atomic E-state index is 0.189. The number of ether oxygens (including phenoxy) is 1. The van der Waals surface area contributed by atoms with Crippen molar-refractivity contribution < 1.29 is 9.53 Å². The summed E-state index contributed by atoms with van der Waals surface area (Å²) in [5.74, 6) is -0.412. The molecule has 5 heteroatoms. The highest BCUT2D eigenvalue weighted by molar-refractivity contribution is 5.85. The molecule has 1 atom stereocenters. The zero-order chi connectivity index (χ0) is 12.9. The Kier molecular flexibility index (Phi) is 4.48. The lowest BCUT2D eigenvalue weighted by atomic mass is 9.80. The lowest BCUT2D eigenvalue weighted by molar-refractivity contribution is -0.142. The van der Waals surface area contributed by atoms with E-state index in [1.54, 1.807) is 14.0 Å². The van der Waals surface area contributed by atoms with Crippen molar-refractivity contribution in [2.45, 2.75) is 19.8 Å². The average Bonchev–Trinajstić information content (AvgIpc) is 2.38. The smallest absolute Gasteiger partial charge is 0.243 e. The number of amides is 1. The molecule has 1 aliphatic rings. The third-order valence-electron chi connectivity index (χ3n) is 3.08. The first kappa shape index (κ1) is 13.5. The van der Waals surface area contributed by atoms with Crippen molar-refractivity contribution in [3.05, 3.63) is 0 Å². The molecule has 1 amide bonds. The molecule has 1 aliphatic heterocycles. The lowest BCUT2D eigenvalue weighted by Gasteiger charge is -2.33. The molecule has 0 N–H and O–H groups in total. The maximum atomic E-state index is 12.2. The van der Waals surface area contributed by atoms with Gasteiger partial charge in [0.25, 0.3) is 0 Å². The van der Waals surface area contributed by atoms with Crippen molar-refractivity contribution in [2.75, 3.05) is 26.8 Å². The molecule has 1 unspecified atom stereocenters. The molecule has 0 spiro atoms. The van der Waals surface area contributed by atoms with E-state index in [0.717, 1.165) is 0 Å². The number of rotatable bonds is 3. The largest absolute Gasteiger partial charge is 0.381 e. The van der Waals surface area contributed by atoms with Gasteiger partial charge in [-0.05, 0) is 19.8 Å². The van der Waals surface area contributed by atoms with Crippen molar-refractivity contribution >= 4 is 5.91 Å². The third kappa shape index (κ3) is 2.95. The van der Waals surface area contributed by atoms with E-state index in [-0.39, 0.29) is 11.8 Å². The minimum Gasteiger partial charge on any atom is -0.381 e. The fraction of sp³-hybridized carbons (Fsp3) is 0.750. The summed E-state index contributed by atoms with van der Waals surface area (Å²) in [5, 5.41) is 18.0. The number of hydrogen-bond donors (Lipinski definition) is 0. The summed E-state index contributed by atoms with van der Waals surface area (Å²) < 4.78 is 5.18. The van der Waals surface area contributed by atoms with Crippen LogP contribution < -0.4 is 0 Å². The van der Waals surface area contributed by atoms with E-state index in [1.165, 1.54) is 4.90 Å². The van der Waals surface area contributed by atoms with Crippen LogP contribution in [-0.4, -0.2) is 37.6 Å². The van der Waals surface area contributed by atoms with Crippen molar-refractivity contribution in [3.8, 4) is 12.1 Å². The third-order valence-corrected chi connectivity index (χ3v) is 3.08. The molecular formula is C12H17N3O2. The van der Waals surface area contributed by atoms with Gasteiger partial charge in [-0.25, -0.2) is 0 Å². The SMILES string of the molecule is CC(C#N)CN(C)C(=O)C1(C#N)CCOCC1. The predicted molar refractivity (Wildman–Crippen MR) is 60.5 cm³/mol. The fourth-order valence-electron chi connectivity index (χ4n) is 1.99. The Bertz CT molecular complexity index is 361. The molecule has 5 nitrogen and oxygen atoms in total. The molecule has 1 saturated heterocycles. The summed E-state index contributed by atoms with van der Waals surface area (Å²) in [4.78, 5) is 13.7. The van der Waals surface area contributed by atoms with E-state index in [0.29, 0.717) is 32.6 Å². The molecule has 0 aromatic rings. The van der Waals surface area contributed by atoms with Gasteiger partial charge in [-0.3, -0.25) is 4.79 Å². The number of nitriles is 2. The van der Waals surface area contributed by atoms with Crippen molar-refractivity contribution in [3.63, 3.8) is 0 Å². The van der Waals surface area contributed by atoms with Crippen LogP contribution in [0, 0.1) is 34.0 Å². The van der Waals surface area contributed by atoms with Crippen LogP contribution in [0.4, 0.5) is 0 Å². The molecule has 92 valence electrons. The van der Waals surface area contributed by atoms with Crippen LogP contribution in [0.3, 0.4) is 0 Å². The molecule has 1 heterocycles. The minimum atomic E-state index is -0.956. The van der Waals surface area contributed by atoms with Crippen LogP contribution >= 0.6 is 0 Å². The topological polar surface area (TPSA) is 77.1 Å². The molecule has 0 aromatic heterocycles. The van der Waals surface area contributed by atoms with Gasteiger partial charge in [0.05, 0.1) is 18.1 Å². The van der Waals surface area contributed by atoms with Gasteiger partial charge in [0, 0.05) is 26.8 Å². The van der Waals surface area contributed by atoms with E-state index in [9.17, 15) is 10.1 Å². The van der Waals surface area contributed by atoms with Crippen molar-refractivity contribution in [1.82, 2.24) is 4.90 Å². The molecular weight excluding hydrogens is 218 g/mol. The Morgan fingerprint density at radius 3 is 2.53 bits per heavy atom. The summed E-state index contributed by atoms with van der Waals surface area (Å²) in [6.45, 7) is 3.01. The molecule has 1 rings (SSSR count). The van der Waals surface area contributed by atoms with Gasteiger partial charge in [0.15, 0.2) is 0 Å². The highest BCUT2D eigenvalue weighted by atomic mass is 16.5. The van der Waals surface area contributed by atoms with Crippen LogP contribution in [0.15, 0.2) is 0 Å². The van der Waals surface area contributed by atoms with E-state index >= 15 is 0 Å². The summed E-state index contributed by atoms with van der Waals surface area (Å²) in [7, 11) is 1.64. The number of hydrogen-bond acceptors (Lipinski definition) is 4. The summed E-state index contributed by atoms with van der Waals surface area (Å²) in [5.41, 5.74) is -0.956. The standard InChI is InChI=1S/C12H17N3O2/c1-10(7-13)8-15(2)11(16)12(9-14)3-5-17-6-4-12/h10H,3-6,8H2,1-2H3. The second-order valence-electron chi connectivity index (χ2n) is 4.52. The second-order valence-corrected chi connectivity index (χ2v) is 4.52. The van der Waals surface area contributed by atoms with Gasteiger partial charge in [-0.2, -0.15) is 10.5 Å². The van der Waals surface area contributed by atoms with Crippen LogP contribution in [0.5, 0.6) is 0 Å². The van der Waals surface area contributed by atoms with Gasteiger partial charge >= 0.3 is 0 Å². The van der Waals surface area contributed by atoms with Crippen molar-refractivity contribution in [2.24, 2.45) is 11.3 Å². The first-order chi connectivity index (χ1) is 8.05. The number of nitrogens with zero attached hydrogens (tertiary/aromatic N) is 3. The maximum absolute atomic E-state index is 12.2. The summed E-state index contributed by atoms with van der Waals surface area (Å²) in [6, 6.07) is 4.22. The van der Waals surface area contributed by atoms with Gasteiger partial charge in [0.2, 0.25) is 5.91 Å². The molecule has 0 aromatic carbocycles. The highest BCUT2D eigenvalue weighted by Crippen LogP contribution is 2.31. The van der Waals surface area contributed by atoms with Crippen LogP contribution in [0.1, 0.15) is 19.8 Å². The Morgan fingerprint density at radius 1 is 1.47 bits per heavy atom. The van der Waals surface area contributed by atoms with Gasteiger partial charge in [-0.15, -0.1) is 0 Å². The predicted octanol–water partition coefficient (Wildman–Crippen LogP) is 0.925. The lowest BCUT2D eigenvalue weighted by Crippen LogP contribution is -2.45. The van der Waals surface area contributed by atoms with Crippen molar-refractivity contribution in [1.29, 1.82) is 10.5 Å². The summed E-state index contributed by atoms with van der Waals surface area (Å²) >= 11 is 0. The highest BCUT2D eigenvalue weighted by Gasteiger charge is 2.42. The second kappa shape index (κ2) is 5.65. The summed E-state index contributed by atoms with van der Waals surface area (Å²) in [6.07, 6.45) is 0.876. The van der Waals surface area contributed by atoms with Crippen LogP contribution in [-0.2, 0) is 9.53 Å². The molecule has 1 fully saturated rings. The van der Waals surface area contributed by atoms with E-state index < -0.39 is 5.41 Å². The van der Waals surface area contributed by atoms with Gasteiger partial charge < -0.3 is 9.64 Å². The van der Waals surface area contributed by atoms with E-state index in [4.69, 9.17) is 10.00 Å². The van der Waals surface area contributed by atoms with E-state index in [1.807, 2.05) is 0 Å². The van der Waals surface area contributed by atoms with E-state index in [2.05, 4.69) is 12.1 Å². The Morgan fingerprint density at radius 2 is 2.06 bits per heavy atom. The fourth-order valence-corrected chi connectivity index (χ4v) is 1.99. The molecule has 0 bridgehead atoms. The maximum Gasteiger partial charge on any atom is 0.243 e. The Balaban J connectivity index is 2.73. The normalized spacial score (nSPS) is 19.8. The number of carbonyl (C=O) groups is 1. The number of carbonyl (C=O) groups excluding carboxylic acids is 1. The first-order valence-corrected chi connectivity index (χ1v) is 5.70. The molecule has 0 aliphatic carbocycles. The molecule has 0 saturated carbocycles.